The molecule has 3 heterocycles. The Hall–Kier alpha value is -2.94. The van der Waals surface area contributed by atoms with Crippen molar-refractivity contribution in [3.05, 3.63) is 67.1 Å². The van der Waals surface area contributed by atoms with Gasteiger partial charge in [0.2, 0.25) is 0 Å². The molecular weight excluding hydrogens is 651 g/mol. The summed E-state index contributed by atoms with van der Waals surface area (Å²) in [5.74, 6) is 0. The number of nitro groups is 1. The average molecular weight is 673 g/mol. The lowest BCUT2D eigenvalue weighted by Gasteiger charge is -2.21. The maximum absolute atomic E-state index is 12.3. The van der Waals surface area contributed by atoms with Crippen molar-refractivity contribution in [2.75, 3.05) is 6.61 Å². The van der Waals surface area contributed by atoms with Gasteiger partial charge >= 0.3 is 29.2 Å². The number of nitrogens with zero attached hydrogens (tertiary/aromatic N) is 3. The van der Waals surface area contributed by atoms with Gasteiger partial charge in [0.25, 0.3) is 11.2 Å². The number of phosphoric acid groups is 3. The molecule has 0 spiro atoms. The van der Waals surface area contributed by atoms with Gasteiger partial charge in [0.05, 0.1) is 29.5 Å². The standard InChI is InChI=1S/C18H22N5O17P3/c1-8(9-4-2-3-5-10(9)23(28)29)38-42(32,33)40-43(34,35)39-41(30,31)36-6-11-13(24)14(25)17(37-11)22-7-19-12-15(22)20-18(27)21-16(12)26/h2-5,7-8,11,13-14,17,24-25H,6H2,1H3,(H,30,31)(H,32,33)(H,34,35)(H2,20,21,26,27)/t8?,11-,13-,14-,17-/m1/s1. The van der Waals surface area contributed by atoms with Gasteiger partial charge in [-0.1, -0.05) is 12.1 Å². The van der Waals surface area contributed by atoms with Crippen LogP contribution in [0.15, 0.2) is 40.2 Å². The van der Waals surface area contributed by atoms with Crippen LogP contribution in [0.4, 0.5) is 5.69 Å². The van der Waals surface area contributed by atoms with E-state index in [9.17, 15) is 58.3 Å². The van der Waals surface area contributed by atoms with Crippen LogP contribution in [0, 0.1) is 10.1 Å². The number of hydrogen-bond donors (Lipinski definition) is 7. The molecule has 1 fully saturated rings. The SMILES string of the molecule is CC(OP(=O)(O)OP(=O)(O)OP(=O)(O)OC[C@H]1O[C@@H](n2cnc3c(=O)[nH]c(=O)[nH]c32)[C@H](O)[C@@H]1O)c1ccccc1[N+](=O)[O-]. The van der Waals surface area contributed by atoms with E-state index in [-0.39, 0.29) is 16.7 Å². The lowest BCUT2D eigenvalue weighted by molar-refractivity contribution is -0.386. The van der Waals surface area contributed by atoms with Gasteiger partial charge in [-0.05, 0) is 13.0 Å². The summed E-state index contributed by atoms with van der Waals surface area (Å²) >= 11 is 0. The molecule has 4 unspecified atom stereocenters. The highest BCUT2D eigenvalue weighted by molar-refractivity contribution is 7.66. The zero-order valence-corrected chi connectivity index (χ0v) is 24.0. The fourth-order valence-electron chi connectivity index (χ4n) is 3.98. The van der Waals surface area contributed by atoms with E-state index in [4.69, 9.17) is 4.74 Å². The molecule has 0 bridgehead atoms. The molecule has 22 nitrogen and oxygen atoms in total. The van der Waals surface area contributed by atoms with Crippen LogP contribution in [-0.2, 0) is 36.1 Å². The zero-order valence-electron chi connectivity index (χ0n) is 21.3. The minimum absolute atomic E-state index is 0.201. The number of imidazole rings is 1. The second-order valence-electron chi connectivity index (χ2n) is 8.73. The van der Waals surface area contributed by atoms with Gasteiger partial charge in [0.15, 0.2) is 11.7 Å². The number of aliphatic hydroxyl groups excluding tert-OH is 2. The molecular formula is C18H22N5O17P3. The summed E-state index contributed by atoms with van der Waals surface area (Å²) in [6, 6.07) is 4.88. The highest BCUT2D eigenvalue weighted by Crippen LogP contribution is 2.68. The Morgan fingerprint density at radius 3 is 2.40 bits per heavy atom. The number of benzene rings is 1. The topological polar surface area (TPSA) is 325 Å². The van der Waals surface area contributed by atoms with Gasteiger partial charge < -0.3 is 29.6 Å². The van der Waals surface area contributed by atoms with Crippen molar-refractivity contribution in [2.24, 2.45) is 0 Å². The molecule has 4 rings (SSSR count). The molecule has 2 aromatic heterocycles. The van der Waals surface area contributed by atoms with Crippen molar-refractivity contribution >= 4 is 40.3 Å². The second kappa shape index (κ2) is 12.2. The number of aliphatic hydroxyl groups is 2. The van der Waals surface area contributed by atoms with E-state index in [2.05, 4.69) is 27.6 Å². The van der Waals surface area contributed by atoms with E-state index in [0.29, 0.717) is 0 Å². The first-order valence-corrected chi connectivity index (χ1v) is 16.1. The summed E-state index contributed by atoms with van der Waals surface area (Å²) in [5.41, 5.74) is -2.97. The van der Waals surface area contributed by atoms with Crippen LogP contribution in [0.2, 0.25) is 0 Å². The van der Waals surface area contributed by atoms with Crippen molar-refractivity contribution in [1.29, 1.82) is 0 Å². The zero-order chi connectivity index (χ0) is 31.9. The largest absolute Gasteiger partial charge is 0.490 e. The molecule has 1 aliphatic rings. The smallest absolute Gasteiger partial charge is 0.387 e. The fourth-order valence-corrected chi connectivity index (χ4v) is 7.65. The highest BCUT2D eigenvalue weighted by Gasteiger charge is 2.47. The lowest BCUT2D eigenvalue weighted by atomic mass is 10.1. The first-order chi connectivity index (χ1) is 19.9. The number of phosphoric ester groups is 2. The number of rotatable bonds is 12. The van der Waals surface area contributed by atoms with Crippen LogP contribution >= 0.6 is 23.5 Å². The normalized spacial score (nSPS) is 25.5. The first kappa shape index (κ1) is 33.0. The summed E-state index contributed by atoms with van der Waals surface area (Å²) in [6.07, 6.45) is -7.31. The first-order valence-electron chi connectivity index (χ1n) is 11.6. The van der Waals surface area contributed by atoms with Crippen LogP contribution in [0.5, 0.6) is 0 Å². The van der Waals surface area contributed by atoms with Crippen LogP contribution in [0.3, 0.4) is 0 Å². The van der Waals surface area contributed by atoms with Gasteiger partial charge in [-0.2, -0.15) is 8.62 Å². The van der Waals surface area contributed by atoms with E-state index < -0.39 is 82.6 Å². The van der Waals surface area contributed by atoms with Gasteiger partial charge in [0.1, 0.15) is 24.0 Å². The number of aromatic nitrogens is 4. The summed E-state index contributed by atoms with van der Waals surface area (Å²) in [6.45, 7) is -0.0110. The van der Waals surface area contributed by atoms with Gasteiger partial charge in [-0.25, -0.2) is 23.5 Å². The molecule has 0 aliphatic carbocycles. The lowest BCUT2D eigenvalue weighted by Crippen LogP contribution is -2.33. The number of ether oxygens (including phenoxy) is 1. The second-order valence-corrected chi connectivity index (χ2v) is 13.3. The number of nitro benzene ring substituents is 1. The predicted molar refractivity (Wildman–Crippen MR) is 137 cm³/mol. The minimum atomic E-state index is -5.93. The number of H-pyrrole nitrogens is 2. The van der Waals surface area contributed by atoms with E-state index >= 15 is 0 Å². The molecule has 1 aliphatic heterocycles. The Balaban J connectivity index is 1.39. The van der Waals surface area contributed by atoms with Crippen molar-refractivity contribution in [2.45, 2.75) is 37.6 Å². The summed E-state index contributed by atoms with van der Waals surface area (Å²) in [4.78, 5) is 71.4. The number of hydrogen-bond acceptors (Lipinski definition) is 15. The molecule has 25 heteroatoms. The number of para-hydroxylation sites is 1. The quantitative estimate of drug-likeness (QED) is 0.0759. The molecule has 1 aromatic carbocycles. The van der Waals surface area contributed by atoms with Crippen molar-refractivity contribution in [1.82, 2.24) is 19.5 Å². The van der Waals surface area contributed by atoms with Crippen LogP contribution < -0.4 is 11.2 Å². The van der Waals surface area contributed by atoms with Gasteiger partial charge in [-0.3, -0.25) is 38.5 Å². The average Bonchev–Trinajstić information content (AvgIpc) is 3.41. The molecule has 0 radical (unpaired) electrons. The Labute approximate surface area is 237 Å². The van der Waals surface area contributed by atoms with Crippen LogP contribution in [0.1, 0.15) is 24.8 Å². The third-order valence-corrected chi connectivity index (χ3v) is 10.1. The molecule has 0 amide bonds. The van der Waals surface area contributed by atoms with E-state index in [0.717, 1.165) is 23.9 Å². The van der Waals surface area contributed by atoms with Crippen molar-refractivity contribution in [3.63, 3.8) is 0 Å². The molecule has 3 aromatic rings. The predicted octanol–water partition coefficient (Wildman–Crippen LogP) is 0.0691. The van der Waals surface area contributed by atoms with Gasteiger partial charge in [0, 0.05) is 6.07 Å². The highest BCUT2D eigenvalue weighted by atomic mass is 31.3. The molecule has 8 atom stereocenters. The molecule has 43 heavy (non-hydrogen) atoms. The van der Waals surface area contributed by atoms with Crippen LogP contribution in [0.25, 0.3) is 11.2 Å². The fraction of sp³-hybridized carbons (Fsp3) is 0.389. The molecule has 1 saturated heterocycles. The van der Waals surface area contributed by atoms with E-state index in [1.807, 2.05) is 4.98 Å². The maximum atomic E-state index is 12.3. The van der Waals surface area contributed by atoms with E-state index in [1.165, 1.54) is 18.2 Å². The Kier molecular flexibility index (Phi) is 9.36. The Morgan fingerprint density at radius 1 is 1.07 bits per heavy atom. The molecule has 236 valence electrons. The number of fused-ring (bicyclic) bond motifs is 1. The number of aromatic amines is 2. The van der Waals surface area contributed by atoms with Crippen molar-refractivity contribution < 1.29 is 65.9 Å². The molecule has 7 N–H and O–H groups in total. The van der Waals surface area contributed by atoms with Crippen molar-refractivity contribution in [3.8, 4) is 0 Å². The third kappa shape index (κ3) is 7.59. The molecule has 0 saturated carbocycles. The van der Waals surface area contributed by atoms with E-state index in [1.54, 1.807) is 0 Å². The summed E-state index contributed by atoms with van der Waals surface area (Å²) in [5, 5.41) is 31.9. The maximum Gasteiger partial charge on any atom is 0.490 e. The van der Waals surface area contributed by atoms with Gasteiger partial charge in [-0.15, -0.1) is 0 Å². The number of nitrogens with one attached hydrogen (secondary N) is 2. The van der Waals surface area contributed by atoms with Crippen LogP contribution in [-0.4, -0.2) is 74.3 Å². The third-order valence-electron chi connectivity index (χ3n) is 5.76. The summed E-state index contributed by atoms with van der Waals surface area (Å²) in [7, 11) is -17.2. The Morgan fingerprint density at radius 2 is 1.72 bits per heavy atom. The monoisotopic (exact) mass is 673 g/mol. The Bertz CT molecular complexity index is 1790. The summed E-state index contributed by atoms with van der Waals surface area (Å²) < 4.78 is 60.4. The minimum Gasteiger partial charge on any atom is -0.387 e.